The van der Waals surface area contributed by atoms with Crippen molar-refractivity contribution in [2.45, 2.75) is 71.8 Å². The summed E-state index contributed by atoms with van der Waals surface area (Å²) in [6.45, 7) is 11.6. The van der Waals surface area contributed by atoms with Crippen molar-refractivity contribution in [3.05, 3.63) is 41.7 Å². The number of nitrogens with zero attached hydrogens (tertiary/aromatic N) is 4. The second-order valence-electron chi connectivity index (χ2n) is 9.59. The van der Waals surface area contributed by atoms with E-state index in [0.29, 0.717) is 12.8 Å². The lowest BCUT2D eigenvalue weighted by Gasteiger charge is -2.22. The van der Waals surface area contributed by atoms with E-state index in [2.05, 4.69) is 30.3 Å². The molecule has 7 heteroatoms. The van der Waals surface area contributed by atoms with Gasteiger partial charge in [0.15, 0.2) is 0 Å². The number of benzene rings is 1. The van der Waals surface area contributed by atoms with Gasteiger partial charge in [-0.05, 0) is 64.5 Å². The largest absolute Gasteiger partial charge is 0.443 e. The number of carbonyl (C=O) groups excluding carboxylic acids is 1. The van der Waals surface area contributed by atoms with Crippen LogP contribution in [0.2, 0.25) is 0 Å². The summed E-state index contributed by atoms with van der Waals surface area (Å²) in [6.07, 6.45) is 2.99. The van der Waals surface area contributed by atoms with Crippen molar-refractivity contribution in [2.75, 3.05) is 19.7 Å². The van der Waals surface area contributed by atoms with Crippen molar-refractivity contribution in [3.8, 4) is 11.1 Å². The number of carbonyl (C=O) groups is 1. The van der Waals surface area contributed by atoms with Crippen molar-refractivity contribution < 1.29 is 14.6 Å². The number of rotatable bonds is 7. The summed E-state index contributed by atoms with van der Waals surface area (Å²) in [5, 5.41) is 20.5. The van der Waals surface area contributed by atoms with Crippen LogP contribution in [0.15, 0.2) is 40.7 Å². The molecule has 3 rings (SSSR count). The molecule has 1 N–H and O–H groups in total. The summed E-state index contributed by atoms with van der Waals surface area (Å²) in [7, 11) is 0. The van der Waals surface area contributed by atoms with Gasteiger partial charge in [-0.1, -0.05) is 37.3 Å². The van der Waals surface area contributed by atoms with Crippen LogP contribution in [0.25, 0.3) is 11.1 Å². The molecule has 0 radical (unpaired) electrons. The summed E-state index contributed by atoms with van der Waals surface area (Å²) in [6, 6.07) is 9.94. The Kier molecular flexibility index (Phi) is 7.72. The van der Waals surface area contributed by atoms with Gasteiger partial charge in [0.05, 0.1) is 5.69 Å². The van der Waals surface area contributed by atoms with Crippen molar-refractivity contribution in [3.63, 3.8) is 0 Å². The van der Waals surface area contributed by atoms with Crippen LogP contribution in [-0.4, -0.2) is 46.1 Å². The maximum atomic E-state index is 13.2. The minimum atomic E-state index is -0.605. The third-order valence-corrected chi connectivity index (χ3v) is 5.43. The Hall–Kier alpha value is -2.67. The molecule has 0 amide bonds. The number of aromatic nitrogens is 1. The molecule has 0 atom stereocenters. The van der Waals surface area contributed by atoms with E-state index in [9.17, 15) is 9.90 Å². The molecule has 0 unspecified atom stereocenters. The predicted molar refractivity (Wildman–Crippen MR) is 126 cm³/mol. The monoisotopic (exact) mass is 440 g/mol. The Morgan fingerprint density at radius 2 is 1.84 bits per heavy atom. The van der Waals surface area contributed by atoms with E-state index in [0.717, 1.165) is 54.1 Å². The minimum Gasteiger partial charge on any atom is -0.443 e. The smallest absolute Gasteiger partial charge is 0.418 e. The Bertz CT molecular complexity index is 951. The third-order valence-electron chi connectivity index (χ3n) is 5.43. The van der Waals surface area contributed by atoms with Gasteiger partial charge in [-0.15, -0.1) is 5.11 Å². The lowest BCUT2D eigenvalue weighted by Crippen LogP contribution is -2.29. The Labute approximate surface area is 191 Å². The van der Waals surface area contributed by atoms with Gasteiger partial charge in [0.25, 0.3) is 0 Å². The third kappa shape index (κ3) is 5.76. The predicted octanol–water partition coefficient (Wildman–Crippen LogP) is 6.08. The molecule has 0 saturated carbocycles. The molecular formula is C25H36N4O3. The highest BCUT2D eigenvalue weighted by Crippen LogP contribution is 2.38. The molecule has 1 aromatic carbocycles. The van der Waals surface area contributed by atoms with E-state index in [4.69, 9.17) is 4.74 Å². The zero-order chi connectivity index (χ0) is 23.3. The summed E-state index contributed by atoms with van der Waals surface area (Å²) >= 11 is 0. The molecule has 1 fully saturated rings. The van der Waals surface area contributed by atoms with Crippen molar-refractivity contribution in [1.82, 2.24) is 9.58 Å². The van der Waals surface area contributed by atoms with E-state index >= 15 is 0 Å². The Morgan fingerprint density at radius 1 is 1.16 bits per heavy atom. The van der Waals surface area contributed by atoms with Crippen LogP contribution >= 0.6 is 0 Å². The highest BCUT2D eigenvalue weighted by atomic mass is 16.6. The van der Waals surface area contributed by atoms with Crippen LogP contribution in [0.3, 0.4) is 0 Å². The second kappa shape index (κ2) is 10.3. The quantitative estimate of drug-likeness (QED) is 0.529. The first-order chi connectivity index (χ1) is 15.2. The Balaban J connectivity index is 2.12. The van der Waals surface area contributed by atoms with E-state index in [1.54, 1.807) is 4.57 Å². The maximum absolute atomic E-state index is 13.2. The van der Waals surface area contributed by atoms with Gasteiger partial charge in [-0.25, -0.2) is 4.79 Å². The van der Waals surface area contributed by atoms with E-state index in [1.807, 2.05) is 50.0 Å². The summed E-state index contributed by atoms with van der Waals surface area (Å²) in [5.41, 5.74) is 3.73. The molecule has 1 aromatic heterocycles. The average molecular weight is 441 g/mol. The van der Waals surface area contributed by atoms with E-state index in [1.165, 1.54) is 0 Å². The van der Waals surface area contributed by atoms with Gasteiger partial charge in [-0.3, -0.25) is 9.58 Å². The van der Waals surface area contributed by atoms with Crippen LogP contribution in [0.1, 0.15) is 71.2 Å². The fourth-order valence-electron chi connectivity index (χ4n) is 3.94. The van der Waals surface area contributed by atoms with Crippen molar-refractivity contribution in [2.24, 2.45) is 10.3 Å². The SMILES string of the molecule is CC(C)c1cc(-c2ccccc2N=NN2CCCC2)c(CCCO)n1C(=O)OC(C)(C)C. The second-order valence-corrected chi connectivity index (χ2v) is 9.59. The highest BCUT2D eigenvalue weighted by molar-refractivity contribution is 5.83. The first kappa shape index (κ1) is 24.0. The van der Waals surface area contributed by atoms with Gasteiger partial charge in [0, 0.05) is 42.2 Å². The zero-order valence-electron chi connectivity index (χ0n) is 20.0. The average Bonchev–Trinajstić information content (AvgIpc) is 3.37. The molecular weight excluding hydrogens is 404 g/mol. The van der Waals surface area contributed by atoms with Crippen molar-refractivity contribution in [1.29, 1.82) is 0 Å². The van der Waals surface area contributed by atoms with Gasteiger partial charge < -0.3 is 9.84 Å². The molecule has 0 bridgehead atoms. The molecule has 1 saturated heterocycles. The van der Waals surface area contributed by atoms with Crippen molar-refractivity contribution >= 4 is 11.8 Å². The molecule has 2 heterocycles. The number of aliphatic hydroxyl groups excluding tert-OH is 1. The standard InChI is InChI=1S/C25H36N4O3/c1-18(2)23-17-20(22(13-10-16-30)29(23)24(31)32-25(3,4)5)19-11-6-7-12-21(19)26-27-28-14-8-9-15-28/h6-7,11-12,17-18,30H,8-10,13-16H2,1-5H3. The van der Waals surface area contributed by atoms with Gasteiger partial charge >= 0.3 is 6.09 Å². The fourth-order valence-corrected chi connectivity index (χ4v) is 3.94. The first-order valence-corrected chi connectivity index (χ1v) is 11.6. The molecule has 2 aromatic rings. The maximum Gasteiger partial charge on any atom is 0.418 e. The fraction of sp³-hybridized carbons (Fsp3) is 0.560. The molecule has 0 aliphatic carbocycles. The number of hydrogen-bond acceptors (Lipinski definition) is 5. The number of hydrogen-bond donors (Lipinski definition) is 1. The molecule has 32 heavy (non-hydrogen) atoms. The summed E-state index contributed by atoms with van der Waals surface area (Å²) < 4.78 is 7.43. The van der Waals surface area contributed by atoms with Gasteiger partial charge in [0.2, 0.25) is 0 Å². The molecule has 174 valence electrons. The lowest BCUT2D eigenvalue weighted by atomic mass is 10.0. The van der Waals surface area contributed by atoms with E-state index < -0.39 is 11.7 Å². The van der Waals surface area contributed by atoms with Crippen LogP contribution in [0.5, 0.6) is 0 Å². The first-order valence-electron chi connectivity index (χ1n) is 11.6. The zero-order valence-corrected chi connectivity index (χ0v) is 20.0. The highest BCUT2D eigenvalue weighted by Gasteiger charge is 2.27. The summed E-state index contributed by atoms with van der Waals surface area (Å²) in [5.74, 6) is 0.113. The molecule has 1 aliphatic heterocycles. The van der Waals surface area contributed by atoms with Gasteiger partial charge in [0.1, 0.15) is 5.60 Å². The van der Waals surface area contributed by atoms with E-state index in [-0.39, 0.29) is 12.5 Å². The molecule has 7 nitrogen and oxygen atoms in total. The normalized spacial score (nSPS) is 14.7. The Morgan fingerprint density at radius 3 is 2.47 bits per heavy atom. The van der Waals surface area contributed by atoms with Crippen LogP contribution in [-0.2, 0) is 11.2 Å². The minimum absolute atomic E-state index is 0.0479. The molecule has 1 aliphatic rings. The lowest BCUT2D eigenvalue weighted by molar-refractivity contribution is 0.0526. The summed E-state index contributed by atoms with van der Waals surface area (Å²) in [4.78, 5) is 13.2. The van der Waals surface area contributed by atoms with Crippen LogP contribution < -0.4 is 0 Å². The van der Waals surface area contributed by atoms with Crippen LogP contribution in [0, 0.1) is 0 Å². The number of ether oxygens (including phenoxy) is 1. The molecule has 0 spiro atoms. The van der Waals surface area contributed by atoms with Crippen LogP contribution in [0.4, 0.5) is 10.5 Å². The topological polar surface area (TPSA) is 79.4 Å². The van der Waals surface area contributed by atoms with Gasteiger partial charge in [-0.2, -0.15) is 0 Å². The number of aliphatic hydroxyl groups is 1.